The van der Waals surface area contributed by atoms with Crippen molar-refractivity contribution in [2.24, 2.45) is 0 Å². The summed E-state index contributed by atoms with van der Waals surface area (Å²) in [6.45, 7) is 8.80. The van der Waals surface area contributed by atoms with Crippen LogP contribution in [0.1, 0.15) is 75.0 Å². The van der Waals surface area contributed by atoms with E-state index in [1.807, 2.05) is 51.1 Å². The quantitative estimate of drug-likeness (QED) is 0.345. The van der Waals surface area contributed by atoms with Gasteiger partial charge >= 0.3 is 0 Å². The molecule has 2 aromatic rings. The van der Waals surface area contributed by atoms with Gasteiger partial charge in [-0.15, -0.1) is 0 Å². The fraction of sp³-hybridized carbons (Fsp3) is 0.424. The predicted molar refractivity (Wildman–Crippen MR) is 162 cm³/mol. The van der Waals surface area contributed by atoms with Gasteiger partial charge in [-0.2, -0.15) is 0 Å². The molecule has 0 atom stereocenters. The number of nitrogens with one attached hydrogen (secondary N) is 1. The van der Waals surface area contributed by atoms with Crippen molar-refractivity contribution < 1.29 is 23.9 Å². The topological polar surface area (TPSA) is 84.9 Å². The number of ketones is 2. The Kier molecular flexibility index (Phi) is 8.68. The Bertz CT molecular complexity index is 1430. The molecule has 1 heterocycles. The van der Waals surface area contributed by atoms with Crippen molar-refractivity contribution >= 4 is 39.1 Å². The van der Waals surface area contributed by atoms with Crippen molar-refractivity contribution in [3.63, 3.8) is 0 Å². The number of Topliss-reactive ketones (excluding diaryl/α,β-unsaturated/α-hetero) is 2. The Labute approximate surface area is 250 Å². The molecule has 5 rings (SSSR count). The summed E-state index contributed by atoms with van der Waals surface area (Å²) in [5, 5.41) is 2.93. The molecule has 0 spiro atoms. The number of hydrogen-bond acceptors (Lipinski definition) is 6. The molecule has 1 N–H and O–H groups in total. The zero-order valence-electron chi connectivity index (χ0n) is 24.2. The van der Waals surface area contributed by atoms with Crippen molar-refractivity contribution in [1.82, 2.24) is 4.90 Å². The van der Waals surface area contributed by atoms with Crippen LogP contribution in [0.3, 0.4) is 0 Å². The highest BCUT2D eigenvalue weighted by Crippen LogP contribution is 2.51. The smallest absolute Gasteiger partial charge is 0.262 e. The largest absolute Gasteiger partial charge is 0.490 e. The van der Waals surface area contributed by atoms with Gasteiger partial charge in [0, 0.05) is 53.5 Å². The molecule has 2 aromatic carbocycles. The Morgan fingerprint density at radius 2 is 1.61 bits per heavy atom. The van der Waals surface area contributed by atoms with Crippen LogP contribution in [0, 0.1) is 13.8 Å². The maximum Gasteiger partial charge on any atom is 0.262 e. The van der Waals surface area contributed by atoms with Crippen LogP contribution in [0.2, 0.25) is 0 Å². The SMILES string of the molecule is CCOc1cc(C2C3=C(CCCC3=O)N(CC)C3=C2C(=O)CCC3)cc(Br)c1OCC(=O)Nc1cc(C)ccc1C. The first-order valence-electron chi connectivity index (χ1n) is 14.5. The second-order valence-corrected chi connectivity index (χ2v) is 11.7. The molecular weight excluding hydrogens is 584 g/mol. The number of halogens is 1. The number of amides is 1. The number of allylic oxidation sites excluding steroid dienone is 4. The Balaban J connectivity index is 1.50. The fourth-order valence-corrected chi connectivity index (χ4v) is 6.86. The normalized spacial score (nSPS) is 17.4. The molecule has 1 aliphatic heterocycles. The van der Waals surface area contributed by atoms with Crippen LogP contribution in [-0.2, 0) is 14.4 Å². The van der Waals surface area contributed by atoms with Gasteiger partial charge in [-0.1, -0.05) is 12.1 Å². The number of hydrogen-bond donors (Lipinski definition) is 1. The summed E-state index contributed by atoms with van der Waals surface area (Å²) in [4.78, 5) is 41.9. The Morgan fingerprint density at radius 1 is 0.951 bits per heavy atom. The predicted octanol–water partition coefficient (Wildman–Crippen LogP) is 6.92. The van der Waals surface area contributed by atoms with E-state index in [0.29, 0.717) is 35.4 Å². The third-order valence-corrected chi connectivity index (χ3v) is 8.67. The maximum atomic E-state index is 13.5. The van der Waals surface area contributed by atoms with E-state index in [1.54, 1.807) is 0 Å². The van der Waals surface area contributed by atoms with Gasteiger partial charge in [0.2, 0.25) is 0 Å². The molecule has 2 aliphatic carbocycles. The summed E-state index contributed by atoms with van der Waals surface area (Å²) in [6, 6.07) is 9.68. The lowest BCUT2D eigenvalue weighted by molar-refractivity contribution is -0.118. The molecule has 0 fully saturated rings. The van der Waals surface area contributed by atoms with Crippen molar-refractivity contribution in [3.05, 3.63) is 74.0 Å². The van der Waals surface area contributed by atoms with Crippen molar-refractivity contribution in [3.8, 4) is 11.5 Å². The zero-order valence-corrected chi connectivity index (χ0v) is 25.8. The average Bonchev–Trinajstić information content (AvgIpc) is 2.94. The zero-order chi connectivity index (χ0) is 29.3. The van der Waals surface area contributed by atoms with Gasteiger partial charge in [-0.25, -0.2) is 0 Å². The molecule has 0 radical (unpaired) electrons. The van der Waals surface area contributed by atoms with Gasteiger partial charge < -0.3 is 19.7 Å². The second kappa shape index (κ2) is 12.2. The minimum absolute atomic E-state index is 0.108. The van der Waals surface area contributed by atoms with Gasteiger partial charge in [-0.05, 0) is 104 Å². The molecule has 1 amide bonds. The summed E-state index contributed by atoms with van der Waals surface area (Å²) in [5.41, 5.74) is 7.17. The lowest BCUT2D eigenvalue weighted by Gasteiger charge is -2.43. The number of ether oxygens (including phenoxy) is 2. The first-order valence-corrected chi connectivity index (χ1v) is 15.3. The molecule has 41 heavy (non-hydrogen) atoms. The van der Waals surface area contributed by atoms with Crippen LogP contribution < -0.4 is 14.8 Å². The highest BCUT2D eigenvalue weighted by Gasteiger charge is 2.43. The highest BCUT2D eigenvalue weighted by molar-refractivity contribution is 9.10. The number of nitrogens with zero attached hydrogens (tertiary/aromatic N) is 1. The summed E-state index contributed by atoms with van der Waals surface area (Å²) < 4.78 is 12.6. The van der Waals surface area contributed by atoms with Gasteiger partial charge in [0.05, 0.1) is 11.1 Å². The second-order valence-electron chi connectivity index (χ2n) is 10.9. The molecule has 0 aromatic heterocycles. The molecule has 3 aliphatic rings. The van der Waals surface area contributed by atoms with Crippen molar-refractivity contribution in [1.29, 1.82) is 0 Å². The minimum atomic E-state index is -0.444. The minimum Gasteiger partial charge on any atom is -0.490 e. The molecule has 0 unspecified atom stereocenters. The van der Waals surface area contributed by atoms with Gasteiger partial charge in [0.25, 0.3) is 5.91 Å². The Hall–Kier alpha value is -3.39. The van der Waals surface area contributed by atoms with E-state index in [-0.39, 0.29) is 24.1 Å². The van der Waals surface area contributed by atoms with Crippen LogP contribution in [0.15, 0.2) is 57.3 Å². The van der Waals surface area contributed by atoms with Crippen LogP contribution in [0.25, 0.3) is 0 Å². The van der Waals surface area contributed by atoms with E-state index >= 15 is 0 Å². The van der Waals surface area contributed by atoms with E-state index in [9.17, 15) is 14.4 Å². The third kappa shape index (κ3) is 5.71. The van der Waals surface area contributed by atoms with Crippen LogP contribution in [0.4, 0.5) is 5.69 Å². The van der Waals surface area contributed by atoms with Gasteiger partial charge in [-0.3, -0.25) is 14.4 Å². The molecule has 0 saturated carbocycles. The number of carbonyl (C=O) groups excluding carboxylic acids is 3. The van der Waals surface area contributed by atoms with E-state index in [1.165, 1.54) is 0 Å². The maximum absolute atomic E-state index is 13.5. The number of rotatable bonds is 8. The Morgan fingerprint density at radius 3 is 2.22 bits per heavy atom. The number of carbonyl (C=O) groups is 3. The number of benzene rings is 2. The van der Waals surface area contributed by atoms with Crippen LogP contribution in [-0.4, -0.2) is 42.1 Å². The lowest BCUT2D eigenvalue weighted by atomic mass is 9.71. The highest BCUT2D eigenvalue weighted by atomic mass is 79.9. The molecule has 0 bridgehead atoms. The molecular formula is C33H37BrN2O5. The fourth-order valence-electron chi connectivity index (χ4n) is 6.28. The molecule has 8 heteroatoms. The van der Waals surface area contributed by atoms with Crippen molar-refractivity contribution in [2.75, 3.05) is 25.1 Å². The van der Waals surface area contributed by atoms with Crippen LogP contribution >= 0.6 is 15.9 Å². The van der Waals surface area contributed by atoms with Gasteiger partial charge in [0.15, 0.2) is 29.7 Å². The summed E-state index contributed by atoms with van der Waals surface area (Å²) in [5.74, 6) is 0.361. The number of anilines is 1. The molecule has 0 saturated heterocycles. The lowest BCUT2D eigenvalue weighted by Crippen LogP contribution is -2.39. The van der Waals surface area contributed by atoms with Gasteiger partial charge in [0.1, 0.15) is 0 Å². The van der Waals surface area contributed by atoms with Crippen LogP contribution in [0.5, 0.6) is 11.5 Å². The number of aryl methyl sites for hydroxylation is 2. The summed E-state index contributed by atoms with van der Waals surface area (Å²) in [6.07, 6.45) is 4.27. The summed E-state index contributed by atoms with van der Waals surface area (Å²) >= 11 is 3.66. The van der Waals surface area contributed by atoms with E-state index in [2.05, 4.69) is 33.1 Å². The monoisotopic (exact) mass is 620 g/mol. The molecule has 7 nitrogen and oxygen atoms in total. The average molecular weight is 622 g/mol. The standard InChI is InChI=1S/C33H37BrN2O5/c1-5-36-24-9-7-11-26(37)31(24)30(32-25(36)10-8-12-27(32)38)21-16-22(34)33(28(17-21)40-6-2)41-18-29(39)35-23-15-19(3)13-14-20(23)4/h13-17,30H,5-12,18H2,1-4H3,(H,35,39). The van der Waals surface area contributed by atoms with E-state index < -0.39 is 5.92 Å². The third-order valence-electron chi connectivity index (χ3n) is 8.08. The van der Waals surface area contributed by atoms with E-state index in [0.717, 1.165) is 77.1 Å². The van der Waals surface area contributed by atoms with Crippen molar-refractivity contribution in [2.45, 2.75) is 72.1 Å². The first-order chi connectivity index (χ1) is 19.7. The van der Waals surface area contributed by atoms with E-state index in [4.69, 9.17) is 9.47 Å². The summed E-state index contributed by atoms with van der Waals surface area (Å²) in [7, 11) is 0. The first kappa shape index (κ1) is 29.1. The molecule has 216 valence electrons.